The summed E-state index contributed by atoms with van der Waals surface area (Å²) in [4.78, 5) is 0. The zero-order valence-corrected chi connectivity index (χ0v) is 13.0. The van der Waals surface area contributed by atoms with E-state index >= 15 is 0 Å². The first-order valence-electron chi connectivity index (χ1n) is 6.62. The molecule has 0 fully saturated rings. The van der Waals surface area contributed by atoms with E-state index in [2.05, 4.69) is 10.5 Å². The van der Waals surface area contributed by atoms with Crippen molar-refractivity contribution in [2.24, 2.45) is 5.10 Å². The summed E-state index contributed by atoms with van der Waals surface area (Å²) >= 11 is 11.9. The van der Waals surface area contributed by atoms with E-state index < -0.39 is 0 Å². The lowest BCUT2D eigenvalue weighted by atomic mass is 10.2. The molecule has 3 aromatic rings. The van der Waals surface area contributed by atoms with Crippen LogP contribution in [0.5, 0.6) is 0 Å². The molecule has 1 heterocycles. The Morgan fingerprint density at radius 3 is 2.50 bits per heavy atom. The molecule has 110 valence electrons. The summed E-state index contributed by atoms with van der Waals surface area (Å²) in [6.45, 7) is 0. The van der Waals surface area contributed by atoms with Crippen molar-refractivity contribution in [2.75, 3.05) is 5.43 Å². The zero-order chi connectivity index (χ0) is 15.4. The van der Waals surface area contributed by atoms with Gasteiger partial charge in [-0.1, -0.05) is 41.4 Å². The van der Waals surface area contributed by atoms with Gasteiger partial charge in [0.15, 0.2) is 0 Å². The summed E-state index contributed by atoms with van der Waals surface area (Å²) in [7, 11) is 0. The minimum atomic E-state index is 0.497. The molecule has 0 spiro atoms. The van der Waals surface area contributed by atoms with Crippen LogP contribution in [0.2, 0.25) is 10.0 Å². The van der Waals surface area contributed by atoms with Gasteiger partial charge in [0, 0.05) is 5.56 Å². The highest BCUT2D eigenvalue weighted by molar-refractivity contribution is 6.42. The number of halogens is 2. The third kappa shape index (κ3) is 3.50. The number of benzene rings is 2. The van der Waals surface area contributed by atoms with Crippen molar-refractivity contribution >= 4 is 35.1 Å². The largest absolute Gasteiger partial charge is 0.455 e. The van der Waals surface area contributed by atoms with Gasteiger partial charge in [0.25, 0.3) is 0 Å². The van der Waals surface area contributed by atoms with Gasteiger partial charge < -0.3 is 4.42 Å². The normalized spacial score (nSPS) is 11.0. The molecule has 3 rings (SSSR count). The lowest BCUT2D eigenvalue weighted by molar-refractivity contribution is 0.575. The van der Waals surface area contributed by atoms with Gasteiger partial charge in [-0.25, -0.2) is 0 Å². The Balaban J connectivity index is 1.72. The van der Waals surface area contributed by atoms with Crippen molar-refractivity contribution in [1.82, 2.24) is 0 Å². The smallest absolute Gasteiger partial charge is 0.147 e. The van der Waals surface area contributed by atoms with Crippen LogP contribution in [0.1, 0.15) is 5.76 Å². The maximum Gasteiger partial charge on any atom is 0.147 e. The Bertz CT molecular complexity index is 797. The van der Waals surface area contributed by atoms with Crippen LogP contribution in [0.3, 0.4) is 0 Å². The van der Waals surface area contributed by atoms with E-state index in [4.69, 9.17) is 27.6 Å². The first kappa shape index (κ1) is 14.7. The second-order valence-corrected chi connectivity index (χ2v) is 5.38. The third-order valence-electron chi connectivity index (χ3n) is 2.99. The summed E-state index contributed by atoms with van der Waals surface area (Å²) in [6.07, 6.45) is 1.62. The van der Waals surface area contributed by atoms with E-state index in [1.54, 1.807) is 18.3 Å². The Morgan fingerprint density at radius 2 is 1.73 bits per heavy atom. The summed E-state index contributed by atoms with van der Waals surface area (Å²) < 4.78 is 5.71. The van der Waals surface area contributed by atoms with E-state index in [-0.39, 0.29) is 0 Å². The highest BCUT2D eigenvalue weighted by Crippen LogP contribution is 2.29. The molecule has 0 bridgehead atoms. The van der Waals surface area contributed by atoms with Crippen molar-refractivity contribution in [3.8, 4) is 11.3 Å². The number of hydrogen-bond donors (Lipinski definition) is 1. The fourth-order valence-electron chi connectivity index (χ4n) is 1.91. The van der Waals surface area contributed by atoms with Crippen LogP contribution < -0.4 is 5.43 Å². The Labute approximate surface area is 138 Å². The molecule has 0 atom stereocenters. The van der Waals surface area contributed by atoms with Gasteiger partial charge in [-0.3, -0.25) is 5.43 Å². The van der Waals surface area contributed by atoms with Crippen LogP contribution in [0.15, 0.2) is 70.2 Å². The van der Waals surface area contributed by atoms with E-state index in [0.29, 0.717) is 21.6 Å². The zero-order valence-electron chi connectivity index (χ0n) is 11.5. The third-order valence-corrected chi connectivity index (χ3v) is 3.73. The van der Waals surface area contributed by atoms with Gasteiger partial charge in [0.1, 0.15) is 11.5 Å². The molecule has 0 aliphatic rings. The number of rotatable bonds is 4. The molecular weight excluding hydrogens is 319 g/mol. The molecule has 0 radical (unpaired) electrons. The Hall–Kier alpha value is -2.23. The fourth-order valence-corrected chi connectivity index (χ4v) is 2.21. The summed E-state index contributed by atoms with van der Waals surface area (Å²) in [5, 5.41) is 5.15. The molecule has 0 saturated heterocycles. The minimum absolute atomic E-state index is 0.497. The number of furan rings is 1. The van der Waals surface area contributed by atoms with Crippen molar-refractivity contribution in [2.45, 2.75) is 0 Å². The van der Waals surface area contributed by atoms with Crippen molar-refractivity contribution in [1.29, 1.82) is 0 Å². The number of hydrogen-bond acceptors (Lipinski definition) is 3. The van der Waals surface area contributed by atoms with Crippen LogP contribution in [0.4, 0.5) is 5.69 Å². The minimum Gasteiger partial charge on any atom is -0.455 e. The SMILES string of the molecule is Clc1ccc(-c2ccc(C=NNc3ccccc3)o2)cc1Cl. The van der Waals surface area contributed by atoms with Crippen LogP contribution in [-0.4, -0.2) is 6.21 Å². The molecule has 0 aliphatic carbocycles. The van der Waals surface area contributed by atoms with E-state index in [1.165, 1.54) is 0 Å². The molecule has 0 amide bonds. The molecule has 0 unspecified atom stereocenters. The summed E-state index contributed by atoms with van der Waals surface area (Å²) in [5.41, 5.74) is 4.71. The number of nitrogens with zero attached hydrogens (tertiary/aromatic N) is 1. The van der Waals surface area contributed by atoms with Crippen LogP contribution in [-0.2, 0) is 0 Å². The van der Waals surface area contributed by atoms with Crippen LogP contribution >= 0.6 is 23.2 Å². The lowest BCUT2D eigenvalue weighted by Gasteiger charge is -1.99. The van der Waals surface area contributed by atoms with Crippen molar-refractivity contribution < 1.29 is 4.42 Å². The average molecular weight is 331 g/mol. The van der Waals surface area contributed by atoms with Gasteiger partial charge in [-0.05, 0) is 42.5 Å². The average Bonchev–Trinajstić information content (AvgIpc) is 3.00. The predicted molar refractivity (Wildman–Crippen MR) is 91.8 cm³/mol. The first-order valence-corrected chi connectivity index (χ1v) is 7.37. The molecular formula is C17H12Cl2N2O. The van der Waals surface area contributed by atoms with Crippen molar-refractivity contribution in [3.05, 3.63) is 76.5 Å². The lowest BCUT2D eigenvalue weighted by Crippen LogP contribution is -1.88. The predicted octanol–water partition coefficient (Wildman–Crippen LogP) is 5.70. The molecule has 1 N–H and O–H groups in total. The number of hydrazone groups is 1. The number of anilines is 1. The monoisotopic (exact) mass is 330 g/mol. The molecule has 22 heavy (non-hydrogen) atoms. The van der Waals surface area contributed by atoms with E-state index in [9.17, 15) is 0 Å². The molecule has 5 heteroatoms. The quantitative estimate of drug-likeness (QED) is 0.492. The van der Waals surface area contributed by atoms with Gasteiger partial charge in [0.05, 0.1) is 21.9 Å². The second-order valence-electron chi connectivity index (χ2n) is 4.57. The number of nitrogens with one attached hydrogen (secondary N) is 1. The highest BCUT2D eigenvalue weighted by Gasteiger charge is 2.06. The van der Waals surface area contributed by atoms with Gasteiger partial charge in [0.2, 0.25) is 0 Å². The topological polar surface area (TPSA) is 37.5 Å². The maximum atomic E-state index is 6.01. The Kier molecular flexibility index (Phi) is 4.47. The molecule has 1 aromatic heterocycles. The van der Waals surface area contributed by atoms with Crippen LogP contribution in [0.25, 0.3) is 11.3 Å². The highest BCUT2D eigenvalue weighted by atomic mass is 35.5. The van der Waals surface area contributed by atoms with Crippen LogP contribution in [0, 0.1) is 0 Å². The van der Waals surface area contributed by atoms with Crippen molar-refractivity contribution in [3.63, 3.8) is 0 Å². The van der Waals surface area contributed by atoms with E-state index in [0.717, 1.165) is 11.3 Å². The van der Waals surface area contributed by atoms with Gasteiger partial charge in [-0.2, -0.15) is 5.10 Å². The fraction of sp³-hybridized carbons (Fsp3) is 0. The van der Waals surface area contributed by atoms with E-state index in [1.807, 2.05) is 48.5 Å². The molecule has 3 nitrogen and oxygen atoms in total. The Morgan fingerprint density at radius 1 is 0.909 bits per heavy atom. The summed E-state index contributed by atoms with van der Waals surface area (Å²) in [5.74, 6) is 1.35. The molecule has 0 saturated carbocycles. The van der Waals surface area contributed by atoms with Gasteiger partial charge >= 0.3 is 0 Å². The summed E-state index contributed by atoms with van der Waals surface area (Å²) in [6, 6.07) is 18.8. The molecule has 0 aliphatic heterocycles. The molecule has 2 aromatic carbocycles. The first-order chi connectivity index (χ1) is 10.7. The maximum absolute atomic E-state index is 6.01. The van der Waals surface area contributed by atoms with Gasteiger partial charge in [-0.15, -0.1) is 0 Å². The standard InChI is InChI=1S/C17H12Cl2N2O/c18-15-8-6-12(10-16(15)19)17-9-7-14(22-17)11-20-21-13-4-2-1-3-5-13/h1-11,21H. The number of para-hydroxylation sites is 1. The second kappa shape index (κ2) is 6.69.